The second-order valence-corrected chi connectivity index (χ2v) is 3.85. The molecule has 0 spiro atoms. The lowest BCUT2D eigenvalue weighted by atomic mass is 10.2. The molecule has 0 aliphatic carbocycles. The summed E-state index contributed by atoms with van der Waals surface area (Å²) in [4.78, 5) is 10.9. The molecule has 0 aliphatic rings. The zero-order chi connectivity index (χ0) is 12.3. The van der Waals surface area contributed by atoms with Crippen LogP contribution in [-0.4, -0.2) is 13.1 Å². The van der Waals surface area contributed by atoms with Crippen LogP contribution in [0.5, 0.6) is 0 Å². The van der Waals surface area contributed by atoms with E-state index in [0.717, 1.165) is 12.1 Å². The average molecular weight is 297 g/mol. The van der Waals surface area contributed by atoms with E-state index in [1.165, 1.54) is 13.1 Å². The monoisotopic (exact) mass is 296 g/mol. The van der Waals surface area contributed by atoms with E-state index in [0.29, 0.717) is 0 Å². The molecule has 1 aromatic rings. The van der Waals surface area contributed by atoms with Crippen LogP contribution in [-0.2, 0) is 6.18 Å². The molecule has 0 saturated heterocycles. The maximum absolute atomic E-state index is 12.4. The minimum Gasteiger partial charge on any atom is -0.341 e. The molecule has 0 saturated carbocycles. The fourth-order valence-electron chi connectivity index (χ4n) is 1.02. The third kappa shape index (κ3) is 3.41. The summed E-state index contributed by atoms with van der Waals surface area (Å²) in [7, 11) is 1.37. The van der Waals surface area contributed by atoms with Gasteiger partial charge in [-0.25, -0.2) is 4.79 Å². The molecule has 0 atom stereocenters. The Morgan fingerprint density at radius 3 is 2.44 bits per heavy atom. The number of amides is 2. The van der Waals surface area contributed by atoms with Crippen molar-refractivity contribution in [2.24, 2.45) is 0 Å². The first kappa shape index (κ1) is 12.8. The van der Waals surface area contributed by atoms with Crippen LogP contribution in [0, 0.1) is 0 Å². The van der Waals surface area contributed by atoms with E-state index >= 15 is 0 Å². The molecule has 0 radical (unpaired) electrons. The molecular formula is C9H8BrF3N2O. The first-order chi connectivity index (χ1) is 7.32. The van der Waals surface area contributed by atoms with Gasteiger partial charge in [0.2, 0.25) is 0 Å². The van der Waals surface area contributed by atoms with Crippen LogP contribution in [0.4, 0.5) is 23.7 Å². The molecule has 2 N–H and O–H groups in total. The molecular weight excluding hydrogens is 289 g/mol. The lowest BCUT2D eigenvalue weighted by Gasteiger charge is -2.10. The van der Waals surface area contributed by atoms with Gasteiger partial charge >= 0.3 is 12.2 Å². The summed E-state index contributed by atoms with van der Waals surface area (Å²) < 4.78 is 37.5. The second kappa shape index (κ2) is 4.73. The molecule has 0 aromatic heterocycles. The van der Waals surface area contributed by atoms with Crippen LogP contribution in [0.1, 0.15) is 5.56 Å². The predicted molar refractivity (Wildman–Crippen MR) is 57.2 cm³/mol. The van der Waals surface area contributed by atoms with Crippen molar-refractivity contribution in [2.75, 3.05) is 12.4 Å². The third-order valence-corrected chi connectivity index (χ3v) is 2.17. The first-order valence-corrected chi connectivity index (χ1v) is 4.99. The van der Waals surface area contributed by atoms with Gasteiger partial charge in [0.05, 0.1) is 5.56 Å². The maximum Gasteiger partial charge on any atom is 0.416 e. The number of nitrogens with one attached hydrogen (secondary N) is 2. The highest BCUT2D eigenvalue weighted by Gasteiger charge is 2.31. The van der Waals surface area contributed by atoms with Gasteiger partial charge in [0.25, 0.3) is 0 Å². The van der Waals surface area contributed by atoms with Crippen molar-refractivity contribution in [2.45, 2.75) is 6.18 Å². The number of alkyl halides is 3. The molecule has 2 amide bonds. The van der Waals surface area contributed by atoms with Gasteiger partial charge in [-0.1, -0.05) is 15.9 Å². The zero-order valence-corrected chi connectivity index (χ0v) is 9.74. The van der Waals surface area contributed by atoms with Crippen molar-refractivity contribution in [1.29, 1.82) is 0 Å². The van der Waals surface area contributed by atoms with Gasteiger partial charge in [0.15, 0.2) is 0 Å². The Hall–Kier alpha value is -1.24. The Bertz CT molecular complexity index is 406. The molecule has 16 heavy (non-hydrogen) atoms. The van der Waals surface area contributed by atoms with Gasteiger partial charge < -0.3 is 10.6 Å². The molecule has 0 bridgehead atoms. The van der Waals surface area contributed by atoms with Crippen molar-refractivity contribution >= 4 is 27.6 Å². The van der Waals surface area contributed by atoms with Gasteiger partial charge in [-0.3, -0.25) is 0 Å². The molecule has 7 heteroatoms. The molecule has 0 fully saturated rings. The molecule has 88 valence electrons. The highest BCUT2D eigenvalue weighted by Crippen LogP contribution is 2.33. The molecule has 0 heterocycles. The van der Waals surface area contributed by atoms with Crippen LogP contribution in [0.25, 0.3) is 0 Å². The fraction of sp³-hybridized carbons (Fsp3) is 0.222. The summed E-state index contributed by atoms with van der Waals surface area (Å²) in [6.07, 6.45) is -4.44. The van der Waals surface area contributed by atoms with Crippen molar-refractivity contribution in [3.63, 3.8) is 0 Å². The van der Waals surface area contributed by atoms with E-state index in [2.05, 4.69) is 26.6 Å². The summed E-state index contributed by atoms with van der Waals surface area (Å²) in [5.74, 6) is 0. The summed E-state index contributed by atoms with van der Waals surface area (Å²) in [5.41, 5.74) is -0.755. The summed E-state index contributed by atoms with van der Waals surface area (Å²) >= 11 is 2.95. The average Bonchev–Trinajstić information content (AvgIpc) is 2.15. The van der Waals surface area contributed by atoms with Crippen molar-refractivity contribution in [3.05, 3.63) is 28.2 Å². The van der Waals surface area contributed by atoms with Gasteiger partial charge in [-0.05, 0) is 18.2 Å². The van der Waals surface area contributed by atoms with E-state index in [4.69, 9.17) is 0 Å². The van der Waals surface area contributed by atoms with Crippen LogP contribution < -0.4 is 10.6 Å². The minimum atomic E-state index is -4.44. The van der Waals surface area contributed by atoms with Crippen molar-refractivity contribution in [3.8, 4) is 0 Å². The number of rotatable bonds is 1. The van der Waals surface area contributed by atoms with Gasteiger partial charge in [-0.2, -0.15) is 13.2 Å². The number of carbonyl (C=O) groups excluding carboxylic acids is 1. The summed E-state index contributed by atoms with van der Waals surface area (Å²) in [5, 5.41) is 4.51. The van der Waals surface area contributed by atoms with Crippen molar-refractivity contribution < 1.29 is 18.0 Å². The highest BCUT2D eigenvalue weighted by molar-refractivity contribution is 9.10. The number of anilines is 1. The number of hydrogen-bond acceptors (Lipinski definition) is 1. The normalized spacial score (nSPS) is 11.1. The number of halogens is 4. The number of benzene rings is 1. The van der Waals surface area contributed by atoms with E-state index < -0.39 is 17.8 Å². The van der Waals surface area contributed by atoms with Gasteiger partial charge in [0, 0.05) is 17.2 Å². The first-order valence-electron chi connectivity index (χ1n) is 4.19. The lowest BCUT2D eigenvalue weighted by Crippen LogP contribution is -2.24. The molecule has 0 unspecified atom stereocenters. The third-order valence-electron chi connectivity index (χ3n) is 1.71. The summed E-state index contributed by atoms with van der Waals surface area (Å²) in [6, 6.07) is 2.60. The Balaban J connectivity index is 3.04. The standard InChI is InChI=1S/C9H8BrF3N2O/c1-14-8(16)15-7-3-5(9(11,12)13)2-6(10)4-7/h2-4H,1H3,(H2,14,15,16). The fourth-order valence-corrected chi connectivity index (χ4v) is 1.51. The van der Waals surface area contributed by atoms with Crippen LogP contribution in [0.15, 0.2) is 22.7 Å². The Morgan fingerprint density at radius 1 is 1.31 bits per heavy atom. The van der Waals surface area contributed by atoms with Gasteiger partial charge in [-0.15, -0.1) is 0 Å². The van der Waals surface area contributed by atoms with Gasteiger partial charge in [0.1, 0.15) is 0 Å². The second-order valence-electron chi connectivity index (χ2n) is 2.93. The number of urea groups is 1. The van der Waals surface area contributed by atoms with Crippen molar-refractivity contribution in [1.82, 2.24) is 5.32 Å². The largest absolute Gasteiger partial charge is 0.416 e. The maximum atomic E-state index is 12.4. The summed E-state index contributed by atoms with van der Waals surface area (Å²) in [6.45, 7) is 0. The quantitative estimate of drug-likeness (QED) is 0.821. The Labute approximate surface area is 98.2 Å². The number of hydrogen-bond donors (Lipinski definition) is 2. The smallest absolute Gasteiger partial charge is 0.341 e. The Morgan fingerprint density at radius 2 is 1.94 bits per heavy atom. The molecule has 0 aliphatic heterocycles. The number of carbonyl (C=O) groups is 1. The van der Waals surface area contributed by atoms with E-state index in [1.807, 2.05) is 0 Å². The van der Waals surface area contributed by atoms with Crippen LogP contribution in [0.2, 0.25) is 0 Å². The lowest BCUT2D eigenvalue weighted by molar-refractivity contribution is -0.137. The SMILES string of the molecule is CNC(=O)Nc1cc(Br)cc(C(F)(F)F)c1. The topological polar surface area (TPSA) is 41.1 Å². The van der Waals surface area contributed by atoms with Crippen LogP contribution >= 0.6 is 15.9 Å². The molecule has 1 aromatic carbocycles. The zero-order valence-electron chi connectivity index (χ0n) is 8.15. The molecule has 3 nitrogen and oxygen atoms in total. The predicted octanol–water partition coefficient (Wildman–Crippen LogP) is 3.22. The van der Waals surface area contributed by atoms with E-state index in [1.54, 1.807) is 0 Å². The Kier molecular flexibility index (Phi) is 3.79. The molecule has 1 rings (SSSR count). The minimum absolute atomic E-state index is 0.0704. The highest BCUT2D eigenvalue weighted by atomic mass is 79.9. The van der Waals surface area contributed by atoms with E-state index in [-0.39, 0.29) is 10.2 Å². The van der Waals surface area contributed by atoms with E-state index in [9.17, 15) is 18.0 Å². The van der Waals surface area contributed by atoms with Crippen LogP contribution in [0.3, 0.4) is 0 Å².